The van der Waals surface area contributed by atoms with Gasteiger partial charge in [-0.05, 0) is 40.5 Å². The SMILES string of the molecule is Cc1ccc2cc(Br)c(NC(=O)C(F)(F)F)nc2c1. The number of carbonyl (C=O) groups excluding carboxylic acids is 1. The van der Waals surface area contributed by atoms with Gasteiger partial charge in [0.25, 0.3) is 0 Å². The van der Waals surface area contributed by atoms with Gasteiger partial charge in [0, 0.05) is 5.39 Å². The van der Waals surface area contributed by atoms with E-state index in [0.29, 0.717) is 9.99 Å². The highest BCUT2D eigenvalue weighted by atomic mass is 79.9. The van der Waals surface area contributed by atoms with Crippen molar-refractivity contribution in [2.75, 3.05) is 5.32 Å². The number of aryl methyl sites for hydroxylation is 1. The predicted molar refractivity (Wildman–Crippen MR) is 68.9 cm³/mol. The third-order valence-electron chi connectivity index (χ3n) is 2.42. The molecule has 1 heterocycles. The normalized spacial score (nSPS) is 11.6. The Balaban J connectivity index is 2.43. The molecule has 1 N–H and O–H groups in total. The smallest absolute Gasteiger partial charge is 0.302 e. The molecule has 2 rings (SSSR count). The monoisotopic (exact) mass is 332 g/mol. The summed E-state index contributed by atoms with van der Waals surface area (Å²) in [4.78, 5) is 14.9. The lowest BCUT2D eigenvalue weighted by atomic mass is 10.1. The number of alkyl halides is 3. The Labute approximate surface area is 115 Å². The second-order valence-corrected chi connectivity index (χ2v) is 4.82. The van der Waals surface area contributed by atoms with Crippen LogP contribution in [0.25, 0.3) is 10.9 Å². The number of hydrogen-bond acceptors (Lipinski definition) is 2. The van der Waals surface area contributed by atoms with E-state index >= 15 is 0 Å². The highest BCUT2D eigenvalue weighted by Gasteiger charge is 2.39. The van der Waals surface area contributed by atoms with Gasteiger partial charge in [0.05, 0.1) is 9.99 Å². The number of anilines is 1. The molecule has 0 aliphatic heterocycles. The molecule has 1 aromatic heterocycles. The Morgan fingerprint density at radius 3 is 2.63 bits per heavy atom. The number of rotatable bonds is 1. The Kier molecular flexibility index (Phi) is 3.49. The van der Waals surface area contributed by atoms with Crippen LogP contribution in [0, 0.1) is 6.92 Å². The zero-order chi connectivity index (χ0) is 14.2. The largest absolute Gasteiger partial charge is 0.471 e. The number of halogens is 4. The molecule has 0 unspecified atom stereocenters. The van der Waals surface area contributed by atoms with Gasteiger partial charge in [-0.15, -0.1) is 0 Å². The van der Waals surface area contributed by atoms with E-state index < -0.39 is 12.1 Å². The first-order valence-corrected chi connectivity index (χ1v) is 6.02. The maximum absolute atomic E-state index is 12.2. The zero-order valence-corrected chi connectivity index (χ0v) is 11.3. The molecule has 0 radical (unpaired) electrons. The molecule has 100 valence electrons. The van der Waals surface area contributed by atoms with Gasteiger partial charge in [0.1, 0.15) is 5.82 Å². The minimum atomic E-state index is -4.94. The van der Waals surface area contributed by atoms with Crippen molar-refractivity contribution in [3.8, 4) is 0 Å². The number of nitrogens with zero attached hydrogens (tertiary/aromatic N) is 1. The van der Waals surface area contributed by atoms with Crippen LogP contribution < -0.4 is 5.32 Å². The van der Waals surface area contributed by atoms with Crippen molar-refractivity contribution < 1.29 is 18.0 Å². The number of pyridine rings is 1. The maximum atomic E-state index is 12.2. The van der Waals surface area contributed by atoms with Gasteiger partial charge >= 0.3 is 12.1 Å². The lowest BCUT2D eigenvalue weighted by Crippen LogP contribution is -2.30. The Morgan fingerprint density at radius 1 is 1.32 bits per heavy atom. The Hall–Kier alpha value is -1.63. The molecule has 0 spiro atoms. The van der Waals surface area contributed by atoms with E-state index in [1.165, 1.54) is 0 Å². The fourth-order valence-corrected chi connectivity index (χ4v) is 1.95. The minimum absolute atomic E-state index is 0.152. The fraction of sp³-hybridized carbons (Fsp3) is 0.167. The van der Waals surface area contributed by atoms with Crippen LogP contribution in [0.5, 0.6) is 0 Å². The molecule has 7 heteroatoms. The molecule has 1 aromatic carbocycles. The third kappa shape index (κ3) is 3.04. The standard InChI is InChI=1S/C12H8BrF3N2O/c1-6-2-3-7-5-8(13)10(17-9(7)4-6)18-11(19)12(14,15)16/h2-5H,1H3,(H,17,18,19). The van der Waals surface area contributed by atoms with Crippen LogP contribution in [0.4, 0.5) is 19.0 Å². The van der Waals surface area contributed by atoms with Crippen LogP contribution in [-0.2, 0) is 4.79 Å². The summed E-state index contributed by atoms with van der Waals surface area (Å²) in [6.45, 7) is 1.84. The van der Waals surface area contributed by atoms with Gasteiger partial charge in [0.2, 0.25) is 0 Å². The lowest BCUT2D eigenvalue weighted by Gasteiger charge is -2.10. The van der Waals surface area contributed by atoms with Gasteiger partial charge in [-0.25, -0.2) is 4.98 Å². The van der Waals surface area contributed by atoms with Crippen molar-refractivity contribution in [1.82, 2.24) is 4.98 Å². The molecule has 0 saturated carbocycles. The van der Waals surface area contributed by atoms with E-state index in [9.17, 15) is 18.0 Å². The van der Waals surface area contributed by atoms with E-state index in [4.69, 9.17) is 0 Å². The van der Waals surface area contributed by atoms with Crippen LogP contribution in [0.1, 0.15) is 5.56 Å². The van der Waals surface area contributed by atoms with Crippen molar-refractivity contribution in [3.05, 3.63) is 34.3 Å². The van der Waals surface area contributed by atoms with Crippen LogP contribution in [0.3, 0.4) is 0 Å². The van der Waals surface area contributed by atoms with Crippen LogP contribution in [0.2, 0.25) is 0 Å². The van der Waals surface area contributed by atoms with E-state index in [0.717, 1.165) is 10.9 Å². The van der Waals surface area contributed by atoms with Crippen molar-refractivity contribution >= 4 is 38.6 Å². The average Bonchev–Trinajstić information content (AvgIpc) is 2.29. The average molecular weight is 333 g/mol. The Morgan fingerprint density at radius 2 is 2.00 bits per heavy atom. The van der Waals surface area contributed by atoms with Crippen molar-refractivity contribution in [2.45, 2.75) is 13.1 Å². The summed E-state index contributed by atoms with van der Waals surface area (Å²) < 4.78 is 36.9. The molecule has 1 amide bonds. The molecule has 2 aromatic rings. The number of fused-ring (bicyclic) bond motifs is 1. The van der Waals surface area contributed by atoms with E-state index in [2.05, 4.69) is 20.9 Å². The molecule has 0 atom stereocenters. The molecule has 0 aliphatic rings. The number of carbonyl (C=O) groups is 1. The molecule has 0 fully saturated rings. The minimum Gasteiger partial charge on any atom is -0.302 e. The third-order valence-corrected chi connectivity index (χ3v) is 3.02. The van der Waals surface area contributed by atoms with Crippen LogP contribution >= 0.6 is 15.9 Å². The molecular weight excluding hydrogens is 325 g/mol. The summed E-state index contributed by atoms with van der Waals surface area (Å²) in [5.41, 5.74) is 1.44. The summed E-state index contributed by atoms with van der Waals surface area (Å²) in [7, 11) is 0. The first kappa shape index (κ1) is 13.8. The van der Waals surface area contributed by atoms with Crippen LogP contribution in [0.15, 0.2) is 28.7 Å². The first-order chi connectivity index (χ1) is 8.77. The highest BCUT2D eigenvalue weighted by Crippen LogP contribution is 2.27. The number of benzene rings is 1. The van der Waals surface area contributed by atoms with Crippen molar-refractivity contribution in [3.63, 3.8) is 0 Å². The van der Waals surface area contributed by atoms with Gasteiger partial charge in [0.15, 0.2) is 0 Å². The van der Waals surface area contributed by atoms with E-state index in [1.807, 2.05) is 13.0 Å². The summed E-state index contributed by atoms with van der Waals surface area (Å²) >= 11 is 3.09. The topological polar surface area (TPSA) is 42.0 Å². The predicted octanol–water partition coefficient (Wildman–Crippen LogP) is 3.81. The second kappa shape index (κ2) is 4.80. The molecule has 19 heavy (non-hydrogen) atoms. The first-order valence-electron chi connectivity index (χ1n) is 5.22. The molecule has 0 bridgehead atoms. The number of nitrogens with one attached hydrogen (secondary N) is 1. The van der Waals surface area contributed by atoms with E-state index in [-0.39, 0.29) is 5.82 Å². The summed E-state index contributed by atoms with van der Waals surface area (Å²) in [6.07, 6.45) is -4.94. The van der Waals surface area contributed by atoms with Crippen LogP contribution in [-0.4, -0.2) is 17.1 Å². The lowest BCUT2D eigenvalue weighted by molar-refractivity contribution is -0.167. The fourth-order valence-electron chi connectivity index (χ4n) is 1.52. The summed E-state index contributed by atoms with van der Waals surface area (Å²) in [6, 6.07) is 7.00. The number of hydrogen-bond donors (Lipinski definition) is 1. The second-order valence-electron chi connectivity index (χ2n) is 3.97. The van der Waals surface area contributed by atoms with Crippen molar-refractivity contribution in [2.24, 2.45) is 0 Å². The molecule has 3 nitrogen and oxygen atoms in total. The Bertz CT molecular complexity index is 655. The van der Waals surface area contributed by atoms with E-state index in [1.54, 1.807) is 23.5 Å². The molecule has 0 aliphatic carbocycles. The van der Waals surface area contributed by atoms with Gasteiger partial charge in [-0.3, -0.25) is 4.79 Å². The summed E-state index contributed by atoms with van der Waals surface area (Å²) in [5.74, 6) is -2.20. The molecule has 0 saturated heterocycles. The summed E-state index contributed by atoms with van der Waals surface area (Å²) in [5, 5.41) is 2.51. The zero-order valence-electron chi connectivity index (χ0n) is 9.68. The van der Waals surface area contributed by atoms with Gasteiger partial charge in [-0.1, -0.05) is 12.1 Å². The van der Waals surface area contributed by atoms with Gasteiger partial charge < -0.3 is 5.32 Å². The number of amides is 1. The maximum Gasteiger partial charge on any atom is 0.471 e. The quantitative estimate of drug-likeness (QED) is 0.862. The van der Waals surface area contributed by atoms with Gasteiger partial charge in [-0.2, -0.15) is 13.2 Å². The highest BCUT2D eigenvalue weighted by molar-refractivity contribution is 9.10. The van der Waals surface area contributed by atoms with Crippen molar-refractivity contribution in [1.29, 1.82) is 0 Å². The molecular formula is C12H8BrF3N2O. The number of aromatic nitrogens is 1.